The number of carbonyl (C=O) groups excluding carboxylic acids is 2. The molecule has 1 amide bonds. The zero-order valence-electron chi connectivity index (χ0n) is 15.7. The van der Waals surface area contributed by atoms with Gasteiger partial charge in [-0.05, 0) is 34.6 Å². The van der Waals surface area contributed by atoms with E-state index >= 15 is 0 Å². The van der Waals surface area contributed by atoms with Gasteiger partial charge in [0.1, 0.15) is 5.60 Å². The van der Waals surface area contributed by atoms with Crippen LogP contribution in [0.1, 0.15) is 56.4 Å². The molecular formula is C18H27N3O4. The molecule has 1 atom stereocenters. The number of allylic oxidation sites excluding steroid dienone is 1. The first-order chi connectivity index (χ1) is 11.7. The van der Waals surface area contributed by atoms with Gasteiger partial charge in [-0.3, -0.25) is 4.68 Å². The fourth-order valence-corrected chi connectivity index (χ4v) is 2.84. The van der Waals surface area contributed by atoms with Crippen LogP contribution in [-0.2, 0) is 29.0 Å². The van der Waals surface area contributed by atoms with E-state index in [4.69, 9.17) is 9.47 Å². The van der Waals surface area contributed by atoms with Gasteiger partial charge < -0.3 is 14.4 Å². The van der Waals surface area contributed by atoms with Gasteiger partial charge in [-0.25, -0.2) is 9.59 Å². The van der Waals surface area contributed by atoms with E-state index in [9.17, 15) is 9.59 Å². The van der Waals surface area contributed by atoms with E-state index in [2.05, 4.69) is 11.7 Å². The Hall–Kier alpha value is -2.31. The molecule has 1 aliphatic rings. The minimum absolute atomic E-state index is 0.0653. The SMILES string of the molecule is C=CCn1nc2c(c1C(=O)OCC)CN(C(=O)OC(C)(C)C)C(C)C2. The topological polar surface area (TPSA) is 73.7 Å². The molecule has 0 aliphatic carbocycles. The van der Waals surface area contributed by atoms with E-state index in [1.54, 1.807) is 22.6 Å². The molecule has 0 aromatic carbocycles. The van der Waals surface area contributed by atoms with Crippen molar-refractivity contribution in [3.8, 4) is 0 Å². The second-order valence-electron chi connectivity index (χ2n) is 7.13. The number of esters is 1. The fraction of sp³-hybridized carbons (Fsp3) is 0.611. The van der Waals surface area contributed by atoms with Crippen molar-refractivity contribution in [3.05, 3.63) is 29.6 Å². The van der Waals surface area contributed by atoms with Crippen LogP contribution in [0.2, 0.25) is 0 Å². The molecule has 0 spiro atoms. The summed E-state index contributed by atoms with van der Waals surface area (Å²) in [6.45, 7) is 13.9. The van der Waals surface area contributed by atoms with Gasteiger partial charge in [-0.2, -0.15) is 5.10 Å². The third-order valence-electron chi connectivity index (χ3n) is 3.88. The van der Waals surface area contributed by atoms with Crippen molar-refractivity contribution in [2.45, 2.75) is 65.8 Å². The predicted molar refractivity (Wildman–Crippen MR) is 93.3 cm³/mol. The lowest BCUT2D eigenvalue weighted by Gasteiger charge is -2.34. The molecule has 1 aromatic heterocycles. The van der Waals surface area contributed by atoms with Gasteiger partial charge in [0.2, 0.25) is 0 Å². The second kappa shape index (κ2) is 7.29. The molecule has 138 valence electrons. The molecule has 0 fully saturated rings. The van der Waals surface area contributed by atoms with Crippen LogP contribution in [-0.4, -0.2) is 45.0 Å². The molecular weight excluding hydrogens is 322 g/mol. The van der Waals surface area contributed by atoms with E-state index in [1.165, 1.54) is 0 Å². The monoisotopic (exact) mass is 349 g/mol. The van der Waals surface area contributed by atoms with Gasteiger partial charge in [-0.1, -0.05) is 6.08 Å². The maximum Gasteiger partial charge on any atom is 0.410 e. The van der Waals surface area contributed by atoms with Crippen molar-refractivity contribution in [2.75, 3.05) is 6.61 Å². The summed E-state index contributed by atoms with van der Waals surface area (Å²) in [6.07, 6.45) is 1.85. The Kier molecular flexibility index (Phi) is 5.55. The second-order valence-corrected chi connectivity index (χ2v) is 7.13. The molecule has 1 aliphatic heterocycles. The van der Waals surface area contributed by atoms with Crippen molar-refractivity contribution in [1.29, 1.82) is 0 Å². The van der Waals surface area contributed by atoms with Gasteiger partial charge in [0.25, 0.3) is 0 Å². The van der Waals surface area contributed by atoms with Crippen LogP contribution in [0.25, 0.3) is 0 Å². The maximum atomic E-state index is 12.5. The molecule has 0 saturated heterocycles. The molecule has 1 unspecified atom stereocenters. The Morgan fingerprint density at radius 3 is 2.64 bits per heavy atom. The molecule has 0 N–H and O–H groups in total. The molecule has 25 heavy (non-hydrogen) atoms. The Bertz CT molecular complexity index is 673. The molecule has 0 saturated carbocycles. The van der Waals surface area contributed by atoms with Crippen molar-refractivity contribution in [3.63, 3.8) is 0 Å². The lowest BCUT2D eigenvalue weighted by molar-refractivity contribution is 0.0134. The van der Waals surface area contributed by atoms with Crippen LogP contribution < -0.4 is 0 Å². The summed E-state index contributed by atoms with van der Waals surface area (Å²) in [7, 11) is 0. The van der Waals surface area contributed by atoms with Gasteiger partial charge in [-0.15, -0.1) is 6.58 Å². The van der Waals surface area contributed by atoms with Crippen LogP contribution in [0, 0.1) is 0 Å². The van der Waals surface area contributed by atoms with E-state index in [-0.39, 0.29) is 19.2 Å². The number of amides is 1. The lowest BCUT2D eigenvalue weighted by atomic mass is 10.00. The van der Waals surface area contributed by atoms with E-state index < -0.39 is 17.7 Å². The van der Waals surface area contributed by atoms with Crippen molar-refractivity contribution < 1.29 is 19.1 Å². The number of hydrogen-bond donors (Lipinski definition) is 0. The van der Waals surface area contributed by atoms with Gasteiger partial charge in [0.05, 0.1) is 25.4 Å². The minimum Gasteiger partial charge on any atom is -0.461 e. The molecule has 2 heterocycles. The number of carbonyl (C=O) groups is 2. The van der Waals surface area contributed by atoms with Crippen LogP contribution in [0.5, 0.6) is 0 Å². The first-order valence-electron chi connectivity index (χ1n) is 8.54. The Labute approximate surface area is 148 Å². The number of fused-ring (bicyclic) bond motifs is 1. The van der Waals surface area contributed by atoms with Gasteiger partial charge in [0.15, 0.2) is 5.69 Å². The molecule has 7 heteroatoms. The average Bonchev–Trinajstić information content (AvgIpc) is 2.82. The summed E-state index contributed by atoms with van der Waals surface area (Å²) in [5.74, 6) is -0.434. The Morgan fingerprint density at radius 1 is 1.40 bits per heavy atom. The third kappa shape index (κ3) is 4.21. The van der Waals surface area contributed by atoms with E-state index in [0.717, 1.165) is 11.3 Å². The normalized spacial score (nSPS) is 17.0. The maximum absolute atomic E-state index is 12.5. The van der Waals surface area contributed by atoms with Crippen LogP contribution in [0.15, 0.2) is 12.7 Å². The molecule has 0 bridgehead atoms. The number of rotatable bonds is 4. The zero-order valence-corrected chi connectivity index (χ0v) is 15.7. The molecule has 1 aromatic rings. The van der Waals surface area contributed by atoms with Crippen molar-refractivity contribution in [2.24, 2.45) is 0 Å². The Balaban J connectivity index is 2.37. The summed E-state index contributed by atoms with van der Waals surface area (Å²) < 4.78 is 12.3. The van der Waals surface area contributed by atoms with Crippen LogP contribution >= 0.6 is 0 Å². The smallest absolute Gasteiger partial charge is 0.410 e. The largest absolute Gasteiger partial charge is 0.461 e. The molecule has 2 rings (SSSR count). The summed E-state index contributed by atoms with van der Waals surface area (Å²) in [5, 5.41) is 4.53. The number of hydrogen-bond acceptors (Lipinski definition) is 5. The predicted octanol–water partition coefficient (Wildman–Crippen LogP) is 2.93. The van der Waals surface area contributed by atoms with Crippen molar-refractivity contribution >= 4 is 12.1 Å². The third-order valence-corrected chi connectivity index (χ3v) is 3.88. The highest BCUT2D eigenvalue weighted by Gasteiger charge is 2.36. The highest BCUT2D eigenvalue weighted by molar-refractivity contribution is 5.90. The molecule has 0 radical (unpaired) electrons. The fourth-order valence-electron chi connectivity index (χ4n) is 2.84. The number of nitrogens with zero attached hydrogens (tertiary/aromatic N) is 3. The number of ether oxygens (including phenoxy) is 2. The van der Waals surface area contributed by atoms with E-state index in [1.807, 2.05) is 27.7 Å². The Morgan fingerprint density at radius 2 is 2.08 bits per heavy atom. The van der Waals surface area contributed by atoms with Gasteiger partial charge >= 0.3 is 12.1 Å². The molecule has 7 nitrogen and oxygen atoms in total. The average molecular weight is 349 g/mol. The lowest BCUT2D eigenvalue weighted by Crippen LogP contribution is -2.45. The first-order valence-corrected chi connectivity index (χ1v) is 8.54. The highest BCUT2D eigenvalue weighted by Crippen LogP contribution is 2.28. The van der Waals surface area contributed by atoms with Gasteiger partial charge in [0, 0.05) is 18.0 Å². The summed E-state index contributed by atoms with van der Waals surface area (Å²) >= 11 is 0. The highest BCUT2D eigenvalue weighted by atomic mass is 16.6. The van der Waals surface area contributed by atoms with Crippen LogP contribution in [0.3, 0.4) is 0 Å². The minimum atomic E-state index is -0.575. The summed E-state index contributed by atoms with van der Waals surface area (Å²) in [6, 6.07) is -0.0653. The van der Waals surface area contributed by atoms with Crippen molar-refractivity contribution in [1.82, 2.24) is 14.7 Å². The first kappa shape index (κ1) is 19.0. The summed E-state index contributed by atoms with van der Waals surface area (Å²) in [4.78, 5) is 26.6. The van der Waals surface area contributed by atoms with E-state index in [0.29, 0.717) is 18.7 Å². The quantitative estimate of drug-likeness (QED) is 0.617. The zero-order chi connectivity index (χ0) is 18.8. The van der Waals surface area contributed by atoms with Crippen LogP contribution in [0.4, 0.5) is 4.79 Å². The standard InChI is InChI=1S/C18H27N3O4/c1-7-9-21-15(16(22)24-8-2)13-11-20(12(3)10-14(13)19-21)17(23)25-18(4,5)6/h7,12H,1,8-11H2,2-6H3. The summed E-state index contributed by atoms with van der Waals surface area (Å²) in [5.41, 5.74) is 1.35. The number of aromatic nitrogens is 2.